The van der Waals surface area contributed by atoms with Crippen LogP contribution in [0.2, 0.25) is 5.02 Å². The molecule has 1 saturated heterocycles. The zero-order valence-electron chi connectivity index (χ0n) is 17.4. The molecule has 0 aromatic heterocycles. The first-order chi connectivity index (χ1) is 13.8. The molecule has 2 aromatic rings. The molecule has 30 heavy (non-hydrogen) atoms. The van der Waals surface area contributed by atoms with Crippen molar-refractivity contribution in [2.45, 2.75) is 50.0 Å². The van der Waals surface area contributed by atoms with Gasteiger partial charge in [0.15, 0.2) is 0 Å². The molecular weight excluding hydrogens is 424 g/mol. The van der Waals surface area contributed by atoms with Gasteiger partial charge in [0.05, 0.1) is 4.90 Å². The highest BCUT2D eigenvalue weighted by molar-refractivity contribution is 7.90. The summed E-state index contributed by atoms with van der Waals surface area (Å²) in [6, 6.07) is 12.8. The molecule has 1 fully saturated rings. The van der Waals surface area contributed by atoms with Crippen molar-refractivity contribution in [1.29, 1.82) is 0 Å². The minimum Gasteiger partial charge on any atom is -0.324 e. The van der Waals surface area contributed by atoms with Gasteiger partial charge < -0.3 is 4.90 Å². The zero-order valence-corrected chi connectivity index (χ0v) is 19.0. The summed E-state index contributed by atoms with van der Waals surface area (Å²) in [5.74, 6) is -1.04. The zero-order chi connectivity index (χ0) is 22.3. The smallest absolute Gasteiger partial charge is 0.264 e. The van der Waals surface area contributed by atoms with E-state index in [9.17, 15) is 18.0 Å². The molecule has 1 aliphatic rings. The van der Waals surface area contributed by atoms with Crippen LogP contribution in [0.1, 0.15) is 50.0 Å². The standard InChI is InChI=1S/C22H25ClN2O4S/c1-21(2,3)16-7-5-15(6-8-16)19(26)25-14-13-22(25,4)20(27)24-30(28,29)18-11-9-17(23)10-12-18/h5-12H,13-14H2,1-4H3,(H,24,27). The van der Waals surface area contributed by atoms with Crippen LogP contribution in [-0.2, 0) is 20.2 Å². The molecule has 3 rings (SSSR count). The second-order valence-corrected chi connectivity index (χ2v) is 10.8. The van der Waals surface area contributed by atoms with E-state index in [1.807, 2.05) is 12.1 Å². The molecule has 6 nitrogen and oxygen atoms in total. The van der Waals surface area contributed by atoms with Gasteiger partial charge in [-0.1, -0.05) is 44.5 Å². The molecular formula is C22H25ClN2O4S. The predicted molar refractivity (Wildman–Crippen MR) is 116 cm³/mol. The Labute approximate surface area is 182 Å². The number of amides is 2. The number of benzene rings is 2. The van der Waals surface area contributed by atoms with Gasteiger partial charge in [-0.2, -0.15) is 0 Å². The van der Waals surface area contributed by atoms with Gasteiger partial charge in [-0.15, -0.1) is 0 Å². The number of carbonyl (C=O) groups is 2. The topological polar surface area (TPSA) is 83.6 Å². The van der Waals surface area contributed by atoms with Crippen LogP contribution in [0, 0.1) is 0 Å². The number of likely N-dealkylation sites (tertiary alicyclic amines) is 1. The molecule has 1 heterocycles. The van der Waals surface area contributed by atoms with Crippen LogP contribution in [0.5, 0.6) is 0 Å². The van der Waals surface area contributed by atoms with E-state index in [2.05, 4.69) is 25.5 Å². The van der Waals surface area contributed by atoms with Gasteiger partial charge in [0, 0.05) is 17.1 Å². The van der Waals surface area contributed by atoms with Crippen molar-refractivity contribution >= 4 is 33.4 Å². The van der Waals surface area contributed by atoms with Crippen molar-refractivity contribution in [2.75, 3.05) is 6.54 Å². The Morgan fingerprint density at radius 1 is 1.03 bits per heavy atom. The summed E-state index contributed by atoms with van der Waals surface area (Å²) in [4.78, 5) is 27.1. The third-order valence-corrected chi connectivity index (χ3v) is 7.10. The highest BCUT2D eigenvalue weighted by atomic mass is 35.5. The molecule has 8 heteroatoms. The molecule has 2 amide bonds. The van der Waals surface area contributed by atoms with Crippen LogP contribution in [0.3, 0.4) is 0 Å². The van der Waals surface area contributed by atoms with Crippen LogP contribution in [0.25, 0.3) is 0 Å². The fourth-order valence-electron chi connectivity index (χ4n) is 3.29. The van der Waals surface area contributed by atoms with Crippen LogP contribution < -0.4 is 4.72 Å². The van der Waals surface area contributed by atoms with Gasteiger partial charge in [0.2, 0.25) is 0 Å². The van der Waals surface area contributed by atoms with Crippen LogP contribution in [0.15, 0.2) is 53.4 Å². The monoisotopic (exact) mass is 448 g/mol. The first-order valence-electron chi connectivity index (χ1n) is 9.60. The summed E-state index contributed by atoms with van der Waals surface area (Å²) < 4.78 is 27.2. The van der Waals surface area contributed by atoms with E-state index in [0.717, 1.165) is 5.56 Å². The van der Waals surface area contributed by atoms with Gasteiger partial charge in [-0.25, -0.2) is 13.1 Å². The lowest BCUT2D eigenvalue weighted by Gasteiger charge is -2.48. The molecule has 0 aliphatic carbocycles. The third-order valence-electron chi connectivity index (χ3n) is 5.50. The number of carbonyl (C=O) groups excluding carboxylic acids is 2. The fraction of sp³-hybridized carbons (Fsp3) is 0.364. The Morgan fingerprint density at radius 3 is 2.07 bits per heavy atom. The SMILES string of the molecule is CC(C)(C)c1ccc(C(=O)N2CCC2(C)C(=O)NS(=O)(=O)c2ccc(Cl)cc2)cc1. The summed E-state index contributed by atoms with van der Waals surface area (Å²) in [7, 11) is -4.07. The van der Waals surface area contributed by atoms with Gasteiger partial charge >= 0.3 is 0 Å². The molecule has 0 radical (unpaired) electrons. The van der Waals surface area contributed by atoms with E-state index in [0.29, 0.717) is 23.6 Å². The molecule has 0 bridgehead atoms. The maximum absolute atomic E-state index is 13.0. The molecule has 1 atom stereocenters. The molecule has 1 N–H and O–H groups in total. The number of sulfonamides is 1. The molecule has 0 saturated carbocycles. The van der Waals surface area contributed by atoms with Crippen LogP contribution in [-0.4, -0.2) is 37.2 Å². The second-order valence-electron chi connectivity index (χ2n) is 8.70. The predicted octanol–water partition coefficient (Wildman–Crippen LogP) is 3.75. The highest BCUT2D eigenvalue weighted by Crippen LogP contribution is 2.33. The van der Waals surface area contributed by atoms with Gasteiger partial charge in [-0.05, 0) is 60.7 Å². The highest BCUT2D eigenvalue weighted by Gasteiger charge is 2.50. The number of hydrogen-bond acceptors (Lipinski definition) is 4. The average molecular weight is 449 g/mol. The molecule has 1 aliphatic heterocycles. The minimum absolute atomic E-state index is 0.0389. The Balaban J connectivity index is 1.77. The number of rotatable bonds is 4. The van der Waals surface area contributed by atoms with E-state index in [-0.39, 0.29) is 16.2 Å². The molecule has 2 aromatic carbocycles. The number of nitrogens with one attached hydrogen (secondary N) is 1. The average Bonchev–Trinajstić information content (AvgIpc) is 2.65. The van der Waals surface area contributed by atoms with Gasteiger partial charge in [0.1, 0.15) is 5.54 Å². The minimum atomic E-state index is -4.07. The van der Waals surface area contributed by atoms with Crippen molar-refractivity contribution in [1.82, 2.24) is 9.62 Å². The second kappa shape index (κ2) is 7.71. The first kappa shape index (κ1) is 22.3. The van der Waals surface area contributed by atoms with E-state index >= 15 is 0 Å². The van der Waals surface area contributed by atoms with Crippen LogP contribution >= 0.6 is 11.6 Å². The number of nitrogens with zero attached hydrogens (tertiary/aromatic N) is 1. The quantitative estimate of drug-likeness (QED) is 0.772. The summed E-state index contributed by atoms with van der Waals surface area (Å²) in [5, 5.41) is 0.389. The van der Waals surface area contributed by atoms with E-state index in [1.165, 1.54) is 29.2 Å². The van der Waals surface area contributed by atoms with Crippen molar-refractivity contribution in [3.8, 4) is 0 Å². The summed E-state index contributed by atoms with van der Waals surface area (Å²) in [6.07, 6.45) is 0.376. The molecule has 160 valence electrons. The molecule has 1 unspecified atom stereocenters. The normalized spacial score (nSPS) is 19.2. The third kappa shape index (κ3) is 4.23. The van der Waals surface area contributed by atoms with Crippen molar-refractivity contribution in [2.24, 2.45) is 0 Å². The first-order valence-corrected chi connectivity index (χ1v) is 11.5. The van der Waals surface area contributed by atoms with Crippen molar-refractivity contribution in [3.63, 3.8) is 0 Å². The van der Waals surface area contributed by atoms with Crippen LogP contribution in [0.4, 0.5) is 0 Å². The lowest BCUT2D eigenvalue weighted by molar-refractivity contribution is -0.135. The Bertz CT molecular complexity index is 1070. The Kier molecular flexibility index (Phi) is 5.73. The van der Waals surface area contributed by atoms with E-state index in [1.54, 1.807) is 19.1 Å². The lowest BCUT2D eigenvalue weighted by atomic mass is 9.84. The fourth-order valence-corrected chi connectivity index (χ4v) is 4.50. The van der Waals surface area contributed by atoms with Crippen molar-refractivity contribution in [3.05, 3.63) is 64.7 Å². The number of hydrogen-bond donors (Lipinski definition) is 1. The largest absolute Gasteiger partial charge is 0.324 e. The lowest BCUT2D eigenvalue weighted by Crippen LogP contribution is -2.67. The van der Waals surface area contributed by atoms with E-state index in [4.69, 9.17) is 11.6 Å². The Hall–Kier alpha value is -2.38. The van der Waals surface area contributed by atoms with Gasteiger partial charge in [0.25, 0.3) is 21.8 Å². The van der Waals surface area contributed by atoms with Crippen molar-refractivity contribution < 1.29 is 18.0 Å². The van der Waals surface area contributed by atoms with E-state index < -0.39 is 21.5 Å². The summed E-state index contributed by atoms with van der Waals surface area (Å²) in [6.45, 7) is 8.21. The maximum atomic E-state index is 13.0. The Morgan fingerprint density at radius 2 is 1.60 bits per heavy atom. The molecule has 0 spiro atoms. The summed E-state index contributed by atoms with van der Waals surface area (Å²) in [5.41, 5.74) is 0.279. The maximum Gasteiger partial charge on any atom is 0.264 e. The summed E-state index contributed by atoms with van der Waals surface area (Å²) >= 11 is 5.79. The van der Waals surface area contributed by atoms with Gasteiger partial charge in [-0.3, -0.25) is 9.59 Å². The number of halogens is 1.